The van der Waals surface area contributed by atoms with E-state index in [1.54, 1.807) is 0 Å². The Bertz CT molecular complexity index is 1220. The molecule has 1 aromatic rings. The molecule has 1 saturated heterocycles. The number of carbonyl (C=O) groups is 3. The fourth-order valence-electron chi connectivity index (χ4n) is 9.24. The van der Waals surface area contributed by atoms with Gasteiger partial charge in [-0.1, -0.05) is 77.1 Å². The fraction of sp³-hybridized carbons (Fsp3) is 0.686. The third kappa shape index (κ3) is 5.25. The Hall–Kier alpha value is -2.51. The number of aliphatic hydroxyl groups excluding tert-OH is 1. The van der Waals surface area contributed by atoms with Crippen molar-refractivity contribution >= 4 is 23.9 Å². The Labute approximate surface area is 251 Å². The van der Waals surface area contributed by atoms with E-state index < -0.39 is 29.1 Å². The summed E-state index contributed by atoms with van der Waals surface area (Å²) in [5, 5.41) is 14.7. The first-order valence-electron chi connectivity index (χ1n) is 16.0. The molecule has 7 nitrogen and oxygen atoms in total. The number of piperidine rings is 1. The summed E-state index contributed by atoms with van der Waals surface area (Å²) in [6, 6.07) is 9.99. The third-order valence-electron chi connectivity index (χ3n) is 12.3. The summed E-state index contributed by atoms with van der Waals surface area (Å²) in [6.45, 7) is 12.1. The number of nitrogens with zero attached hydrogens (tertiary/aromatic N) is 1. The summed E-state index contributed by atoms with van der Waals surface area (Å²) < 4.78 is 6.31. The molecule has 2 N–H and O–H groups in total. The van der Waals surface area contributed by atoms with Crippen molar-refractivity contribution in [2.75, 3.05) is 20.1 Å². The minimum Gasteiger partial charge on any atom is -0.445 e. The van der Waals surface area contributed by atoms with Crippen LogP contribution in [0.3, 0.4) is 0 Å². The third-order valence-corrected chi connectivity index (χ3v) is 12.3. The molecule has 10 atom stereocenters. The summed E-state index contributed by atoms with van der Waals surface area (Å²) in [5.41, 5.74) is -0.677. The maximum atomic E-state index is 13.7. The van der Waals surface area contributed by atoms with Crippen LogP contribution in [0.25, 0.3) is 6.08 Å². The summed E-state index contributed by atoms with van der Waals surface area (Å²) in [7, 11) is 1.99. The predicted molar refractivity (Wildman–Crippen MR) is 163 cm³/mol. The van der Waals surface area contributed by atoms with Crippen LogP contribution in [0.5, 0.6) is 0 Å². The summed E-state index contributed by atoms with van der Waals surface area (Å²) in [6.07, 6.45) is 6.23. The zero-order chi connectivity index (χ0) is 30.4. The number of alkyl carbamates (subject to hydrolysis) is 1. The van der Waals surface area contributed by atoms with Crippen molar-refractivity contribution in [3.05, 3.63) is 42.0 Å². The molecule has 1 aliphatic heterocycles. The van der Waals surface area contributed by atoms with Crippen molar-refractivity contribution in [1.29, 1.82) is 0 Å². The average molecular weight is 579 g/mol. The number of likely N-dealkylation sites (tertiary alicyclic amines) is 1. The molecule has 230 valence electrons. The largest absolute Gasteiger partial charge is 0.445 e. The van der Waals surface area contributed by atoms with Gasteiger partial charge in [-0.15, -0.1) is 0 Å². The van der Waals surface area contributed by atoms with Gasteiger partial charge in [0.25, 0.3) is 0 Å². The second-order valence-electron chi connectivity index (χ2n) is 14.6. The molecule has 4 aliphatic rings. The minimum absolute atomic E-state index is 0.104. The molecule has 42 heavy (non-hydrogen) atoms. The van der Waals surface area contributed by atoms with Crippen LogP contribution in [-0.2, 0) is 14.3 Å². The highest BCUT2D eigenvalue weighted by molar-refractivity contribution is 5.93. The van der Waals surface area contributed by atoms with Gasteiger partial charge in [-0.25, -0.2) is 4.79 Å². The Kier molecular flexibility index (Phi) is 8.49. The van der Waals surface area contributed by atoms with Gasteiger partial charge in [-0.2, -0.15) is 0 Å². The van der Waals surface area contributed by atoms with E-state index in [1.165, 1.54) is 0 Å². The van der Waals surface area contributed by atoms with Crippen molar-refractivity contribution in [3.8, 4) is 0 Å². The Morgan fingerprint density at radius 1 is 1.10 bits per heavy atom. The van der Waals surface area contributed by atoms with E-state index in [0.29, 0.717) is 19.4 Å². The number of benzene rings is 1. The zero-order valence-electron chi connectivity index (χ0n) is 26.3. The predicted octanol–water partition coefficient (Wildman–Crippen LogP) is 5.72. The van der Waals surface area contributed by atoms with Crippen LogP contribution in [0.2, 0.25) is 0 Å². The fourth-order valence-corrected chi connectivity index (χ4v) is 9.24. The smallest absolute Gasteiger partial charge is 0.414 e. The van der Waals surface area contributed by atoms with E-state index in [2.05, 4.69) is 44.0 Å². The van der Waals surface area contributed by atoms with Crippen molar-refractivity contribution in [1.82, 2.24) is 10.2 Å². The molecule has 3 aliphatic carbocycles. The highest BCUT2D eigenvalue weighted by Gasteiger charge is 2.68. The van der Waals surface area contributed by atoms with E-state index >= 15 is 0 Å². The standard InChI is InChI=1S/C35H50N2O5/c1-22-15-19-37(6)21-26(22)31(40)36-32(41)42-28-20-33(4,16-13-25-10-8-7-9-11-25)30(39)24(3)35-17-12-23(2)34(28,5)29(35)27(38)14-18-35/h7-11,13,16,22-24,26,28-30,39H,12,14-15,17-21H2,1-6H3,(H,36,40,41)/t22-,23+,24-,26-,28+,29?,30-,33+,34-,35?/m0/s1. The molecule has 2 amide bonds. The topological polar surface area (TPSA) is 95.9 Å². The van der Waals surface area contributed by atoms with E-state index in [0.717, 1.165) is 37.8 Å². The Morgan fingerprint density at radius 2 is 1.81 bits per heavy atom. The maximum absolute atomic E-state index is 13.7. The number of ether oxygens (including phenoxy) is 1. The number of ketones is 1. The van der Waals surface area contributed by atoms with Crippen LogP contribution in [0, 0.1) is 45.8 Å². The number of Topliss-reactive ketones (excluding diaryl/α,β-unsaturated/α-hetero) is 1. The lowest BCUT2D eigenvalue weighted by molar-refractivity contribution is -0.191. The Morgan fingerprint density at radius 3 is 2.52 bits per heavy atom. The number of hydrogen-bond donors (Lipinski definition) is 2. The van der Waals surface area contributed by atoms with Gasteiger partial charge in [0, 0.05) is 29.7 Å². The maximum Gasteiger partial charge on any atom is 0.414 e. The molecule has 0 radical (unpaired) electrons. The van der Waals surface area contributed by atoms with Gasteiger partial charge >= 0.3 is 6.09 Å². The number of rotatable bonds is 4. The normalized spacial score (nSPS) is 42.5. The van der Waals surface area contributed by atoms with Gasteiger partial charge in [0.2, 0.25) is 5.91 Å². The van der Waals surface area contributed by atoms with Gasteiger partial charge < -0.3 is 14.7 Å². The quantitative estimate of drug-likeness (QED) is 0.475. The van der Waals surface area contributed by atoms with Gasteiger partial charge in [0.1, 0.15) is 11.9 Å². The van der Waals surface area contributed by atoms with Crippen molar-refractivity contribution < 1.29 is 24.2 Å². The van der Waals surface area contributed by atoms with Crippen LogP contribution in [0.15, 0.2) is 36.4 Å². The highest BCUT2D eigenvalue weighted by Crippen LogP contribution is 2.68. The minimum atomic E-state index is -0.752. The molecule has 1 aromatic carbocycles. The van der Waals surface area contributed by atoms with Crippen LogP contribution in [-0.4, -0.2) is 60.1 Å². The van der Waals surface area contributed by atoms with Crippen molar-refractivity contribution in [3.63, 3.8) is 0 Å². The molecule has 2 bridgehead atoms. The zero-order valence-corrected chi connectivity index (χ0v) is 26.3. The molecule has 7 heteroatoms. The summed E-state index contributed by atoms with van der Waals surface area (Å²) in [5.74, 6) is -0.485. The van der Waals surface area contributed by atoms with Gasteiger partial charge in [0.05, 0.1) is 12.0 Å². The first-order valence-corrected chi connectivity index (χ1v) is 16.0. The molecule has 2 unspecified atom stereocenters. The van der Waals surface area contributed by atoms with E-state index in [1.807, 2.05) is 50.4 Å². The molecule has 4 fully saturated rings. The molecule has 0 spiro atoms. The highest BCUT2D eigenvalue weighted by atomic mass is 16.6. The van der Waals surface area contributed by atoms with E-state index in [4.69, 9.17) is 4.74 Å². The number of carbonyl (C=O) groups excluding carboxylic acids is 3. The first kappa shape index (κ1) is 30.9. The lowest BCUT2D eigenvalue weighted by atomic mass is 9.44. The Balaban J connectivity index is 1.51. The van der Waals surface area contributed by atoms with Gasteiger partial charge in [0.15, 0.2) is 0 Å². The molecule has 1 heterocycles. The second kappa shape index (κ2) is 11.5. The van der Waals surface area contributed by atoms with Crippen LogP contribution < -0.4 is 5.32 Å². The lowest BCUT2D eigenvalue weighted by Crippen LogP contribution is -2.63. The van der Waals surface area contributed by atoms with Crippen LogP contribution >= 0.6 is 0 Å². The summed E-state index contributed by atoms with van der Waals surface area (Å²) in [4.78, 5) is 42.6. The molecular formula is C35H50N2O5. The van der Waals surface area contributed by atoms with Gasteiger partial charge in [-0.05, 0) is 74.4 Å². The lowest BCUT2D eigenvalue weighted by Gasteiger charge is -2.61. The molecular weight excluding hydrogens is 528 g/mol. The van der Waals surface area contributed by atoms with Gasteiger partial charge in [-0.3, -0.25) is 14.9 Å². The summed E-state index contributed by atoms with van der Waals surface area (Å²) >= 11 is 0. The molecule has 3 saturated carbocycles. The molecule has 5 rings (SSSR count). The molecule has 0 aromatic heterocycles. The number of nitrogens with one attached hydrogen (secondary N) is 1. The number of aliphatic hydroxyl groups is 1. The SMILES string of the molecule is C[C@@H]1CCC23CCC(=O)C2[C@]1(C)[C@H](OC(=O)NC(=O)[C@H]1CN(C)CC[C@@H]1C)C[C@@](C)(C=Cc1ccccc1)[C@@H](O)[C@@H]3C. The van der Waals surface area contributed by atoms with Crippen molar-refractivity contribution in [2.45, 2.75) is 85.4 Å². The van der Waals surface area contributed by atoms with E-state index in [9.17, 15) is 19.5 Å². The monoisotopic (exact) mass is 578 g/mol. The number of amides is 2. The number of imide groups is 1. The van der Waals surface area contributed by atoms with Crippen LogP contribution in [0.1, 0.15) is 78.7 Å². The first-order chi connectivity index (χ1) is 19.8. The van der Waals surface area contributed by atoms with Crippen molar-refractivity contribution in [2.24, 2.45) is 45.8 Å². The van der Waals surface area contributed by atoms with Crippen LogP contribution in [0.4, 0.5) is 4.79 Å². The number of hydrogen-bond acceptors (Lipinski definition) is 6. The van der Waals surface area contributed by atoms with E-state index in [-0.39, 0.29) is 46.7 Å². The average Bonchev–Trinajstić information content (AvgIpc) is 3.32. The second-order valence-corrected chi connectivity index (χ2v) is 14.6.